The number of amides is 1. The van der Waals surface area contributed by atoms with E-state index in [1.807, 2.05) is 18.2 Å². The Bertz CT molecular complexity index is 1280. The van der Waals surface area contributed by atoms with Crippen LogP contribution in [-0.4, -0.2) is 41.1 Å². The lowest BCUT2D eigenvalue weighted by Gasteiger charge is -2.19. The molecule has 0 spiro atoms. The van der Waals surface area contributed by atoms with Gasteiger partial charge in [-0.05, 0) is 65.7 Å². The van der Waals surface area contributed by atoms with Gasteiger partial charge in [0.05, 0.1) is 17.0 Å². The molecule has 0 bridgehead atoms. The Labute approximate surface area is 209 Å². The summed E-state index contributed by atoms with van der Waals surface area (Å²) in [5.41, 5.74) is 5.93. The summed E-state index contributed by atoms with van der Waals surface area (Å²) >= 11 is 1.33. The van der Waals surface area contributed by atoms with Crippen LogP contribution in [0.15, 0.2) is 82.7 Å². The van der Waals surface area contributed by atoms with Crippen molar-refractivity contribution in [2.24, 2.45) is 4.99 Å². The number of amidine groups is 1. The largest absolute Gasteiger partial charge is 0.481 e. The molecule has 1 amide bonds. The van der Waals surface area contributed by atoms with Gasteiger partial charge in [0, 0.05) is 26.3 Å². The van der Waals surface area contributed by atoms with Crippen molar-refractivity contribution in [1.29, 1.82) is 0 Å². The van der Waals surface area contributed by atoms with E-state index in [1.54, 1.807) is 31.3 Å². The molecule has 6 nitrogen and oxygen atoms in total. The Morgan fingerprint density at radius 1 is 1.00 bits per heavy atom. The molecule has 0 radical (unpaired) electrons. The molecule has 1 aliphatic heterocycles. The fourth-order valence-corrected chi connectivity index (χ4v) is 4.65. The first kappa shape index (κ1) is 24.3. The Morgan fingerprint density at radius 3 is 2.26 bits per heavy atom. The van der Waals surface area contributed by atoms with Gasteiger partial charge in [0.25, 0.3) is 5.91 Å². The van der Waals surface area contributed by atoms with Crippen LogP contribution >= 0.6 is 11.8 Å². The number of benzene rings is 3. The normalized spacial score (nSPS) is 15.7. The van der Waals surface area contributed by atoms with Crippen molar-refractivity contribution in [2.75, 3.05) is 19.0 Å². The first-order chi connectivity index (χ1) is 16.8. The molecule has 0 aliphatic carbocycles. The van der Waals surface area contributed by atoms with Gasteiger partial charge in [0.1, 0.15) is 0 Å². The van der Waals surface area contributed by atoms with Crippen LogP contribution in [0.2, 0.25) is 0 Å². The summed E-state index contributed by atoms with van der Waals surface area (Å²) in [5.74, 6) is -0.974. The SMILES string of the molecule is Cc1ccc(CN(C)c2ccc(/C=C3\SC(=Nc4ccc(CC(=O)O)cc4)N(C)C3=O)cc2)cc1. The molecular formula is C28H27N3O3S. The second kappa shape index (κ2) is 10.6. The molecule has 3 aromatic rings. The van der Waals surface area contributed by atoms with Crippen molar-refractivity contribution < 1.29 is 14.7 Å². The van der Waals surface area contributed by atoms with E-state index < -0.39 is 5.97 Å². The van der Waals surface area contributed by atoms with E-state index in [2.05, 4.69) is 60.3 Å². The monoisotopic (exact) mass is 485 g/mol. The van der Waals surface area contributed by atoms with Gasteiger partial charge < -0.3 is 10.0 Å². The fourth-order valence-electron chi connectivity index (χ4n) is 3.66. The van der Waals surface area contributed by atoms with Crippen LogP contribution in [0, 0.1) is 6.92 Å². The second-order valence-corrected chi connectivity index (χ2v) is 9.55. The number of anilines is 1. The highest BCUT2D eigenvalue weighted by Gasteiger charge is 2.30. The molecular weight excluding hydrogens is 458 g/mol. The van der Waals surface area contributed by atoms with E-state index >= 15 is 0 Å². The molecule has 0 atom stereocenters. The zero-order chi connectivity index (χ0) is 24.9. The Hall–Kier alpha value is -3.84. The third kappa shape index (κ3) is 6.19. The Balaban J connectivity index is 1.44. The van der Waals surface area contributed by atoms with Crippen LogP contribution < -0.4 is 4.90 Å². The minimum Gasteiger partial charge on any atom is -0.481 e. The number of hydrogen-bond donors (Lipinski definition) is 1. The summed E-state index contributed by atoms with van der Waals surface area (Å²) in [6.07, 6.45) is 1.85. The van der Waals surface area contributed by atoms with Crippen LogP contribution in [0.25, 0.3) is 6.08 Å². The molecule has 3 aromatic carbocycles. The van der Waals surface area contributed by atoms with Crippen molar-refractivity contribution in [3.8, 4) is 0 Å². The molecule has 0 unspecified atom stereocenters. The predicted octanol–water partition coefficient (Wildman–Crippen LogP) is 5.49. The van der Waals surface area contributed by atoms with E-state index in [4.69, 9.17) is 5.11 Å². The van der Waals surface area contributed by atoms with E-state index in [0.29, 0.717) is 21.3 Å². The summed E-state index contributed by atoms with van der Waals surface area (Å²) in [6.45, 7) is 2.90. The number of rotatable bonds is 7. The fraction of sp³-hybridized carbons (Fsp3) is 0.179. The number of carboxylic acid groups (broad SMARTS) is 1. The lowest BCUT2D eigenvalue weighted by atomic mass is 10.1. The number of carbonyl (C=O) groups is 2. The number of likely N-dealkylation sites (N-methyl/N-ethyl adjacent to an activating group) is 1. The maximum Gasteiger partial charge on any atom is 0.307 e. The molecule has 1 fully saturated rings. The number of hydrogen-bond acceptors (Lipinski definition) is 5. The Morgan fingerprint density at radius 2 is 1.63 bits per heavy atom. The molecule has 7 heteroatoms. The van der Waals surface area contributed by atoms with Crippen LogP contribution in [0.1, 0.15) is 22.3 Å². The van der Waals surface area contributed by atoms with Crippen molar-refractivity contribution >= 4 is 46.3 Å². The minimum absolute atomic E-state index is 0.0303. The zero-order valence-corrected chi connectivity index (χ0v) is 20.7. The standard InChI is InChI=1S/C28H27N3O3S/c1-19-4-6-22(7-5-19)18-30(2)24-14-10-20(11-15-24)16-25-27(34)31(3)28(35-25)29-23-12-8-21(9-13-23)17-26(32)33/h4-16H,17-18H2,1-3H3,(H,32,33)/b25-16-,29-28?. The third-order valence-corrected chi connectivity index (χ3v) is 6.75. The number of aliphatic carboxylic acids is 1. The average Bonchev–Trinajstić information content (AvgIpc) is 3.09. The number of aliphatic imine (C=N–C) groups is 1. The highest BCUT2D eigenvalue weighted by atomic mass is 32.2. The first-order valence-electron chi connectivity index (χ1n) is 11.2. The van der Waals surface area contributed by atoms with E-state index in [1.165, 1.54) is 27.8 Å². The van der Waals surface area contributed by atoms with Crippen molar-refractivity contribution in [2.45, 2.75) is 19.9 Å². The van der Waals surface area contributed by atoms with Gasteiger partial charge in [0.2, 0.25) is 0 Å². The van der Waals surface area contributed by atoms with Gasteiger partial charge >= 0.3 is 5.97 Å². The summed E-state index contributed by atoms with van der Waals surface area (Å²) < 4.78 is 0. The van der Waals surface area contributed by atoms with Gasteiger partial charge in [-0.25, -0.2) is 4.99 Å². The van der Waals surface area contributed by atoms with Crippen LogP contribution in [-0.2, 0) is 22.6 Å². The first-order valence-corrected chi connectivity index (χ1v) is 12.0. The number of thioether (sulfide) groups is 1. The van der Waals surface area contributed by atoms with Gasteiger partial charge in [-0.2, -0.15) is 0 Å². The quantitative estimate of drug-likeness (QED) is 0.448. The summed E-state index contributed by atoms with van der Waals surface area (Å²) in [5, 5.41) is 9.49. The summed E-state index contributed by atoms with van der Waals surface area (Å²) in [6, 6.07) is 23.7. The van der Waals surface area contributed by atoms with E-state index in [0.717, 1.165) is 17.8 Å². The zero-order valence-electron chi connectivity index (χ0n) is 19.9. The molecule has 35 heavy (non-hydrogen) atoms. The summed E-state index contributed by atoms with van der Waals surface area (Å²) in [7, 11) is 3.77. The van der Waals surface area contributed by atoms with Gasteiger partial charge in [-0.1, -0.05) is 54.1 Å². The summed E-state index contributed by atoms with van der Waals surface area (Å²) in [4.78, 5) is 32.5. The number of nitrogens with zero attached hydrogens (tertiary/aromatic N) is 3. The predicted molar refractivity (Wildman–Crippen MR) is 143 cm³/mol. The van der Waals surface area contributed by atoms with Gasteiger partial charge in [-0.3, -0.25) is 14.5 Å². The molecule has 0 saturated carbocycles. The maximum atomic E-state index is 12.8. The molecule has 178 valence electrons. The lowest BCUT2D eigenvalue weighted by molar-refractivity contribution is -0.136. The Kier molecular flexibility index (Phi) is 7.36. The van der Waals surface area contributed by atoms with Crippen molar-refractivity contribution in [3.63, 3.8) is 0 Å². The van der Waals surface area contributed by atoms with E-state index in [-0.39, 0.29) is 12.3 Å². The smallest absolute Gasteiger partial charge is 0.307 e. The minimum atomic E-state index is -0.874. The molecule has 1 heterocycles. The van der Waals surface area contributed by atoms with Crippen LogP contribution in [0.3, 0.4) is 0 Å². The van der Waals surface area contributed by atoms with Gasteiger partial charge in [0.15, 0.2) is 5.17 Å². The second-order valence-electron chi connectivity index (χ2n) is 8.54. The molecule has 4 rings (SSSR count). The third-order valence-electron chi connectivity index (χ3n) is 5.69. The lowest BCUT2D eigenvalue weighted by Crippen LogP contribution is -2.23. The highest BCUT2D eigenvalue weighted by Crippen LogP contribution is 2.33. The number of carboxylic acids is 1. The topological polar surface area (TPSA) is 73.2 Å². The van der Waals surface area contributed by atoms with Crippen LogP contribution in [0.4, 0.5) is 11.4 Å². The molecule has 1 N–H and O–H groups in total. The number of aryl methyl sites for hydroxylation is 1. The number of carbonyl (C=O) groups excluding carboxylic acids is 1. The van der Waals surface area contributed by atoms with Crippen molar-refractivity contribution in [1.82, 2.24) is 4.90 Å². The average molecular weight is 486 g/mol. The van der Waals surface area contributed by atoms with Gasteiger partial charge in [-0.15, -0.1) is 0 Å². The maximum absolute atomic E-state index is 12.8. The molecule has 0 aromatic heterocycles. The van der Waals surface area contributed by atoms with Crippen LogP contribution in [0.5, 0.6) is 0 Å². The van der Waals surface area contributed by atoms with E-state index in [9.17, 15) is 9.59 Å². The molecule has 1 aliphatic rings. The van der Waals surface area contributed by atoms with Crippen molar-refractivity contribution in [3.05, 3.63) is 100.0 Å². The highest BCUT2D eigenvalue weighted by molar-refractivity contribution is 8.18. The molecule has 1 saturated heterocycles.